The molecule has 0 aromatic rings. The van der Waals surface area contributed by atoms with Crippen LogP contribution in [0.15, 0.2) is 0 Å². The fourth-order valence-corrected chi connectivity index (χ4v) is 1.33. The molecule has 0 aliphatic heterocycles. The number of rotatable bonds is 8. The lowest BCUT2D eigenvalue weighted by atomic mass is 10.0. The minimum Gasteiger partial charge on any atom is -0.391 e. The van der Waals surface area contributed by atoms with Gasteiger partial charge in [0.2, 0.25) is 0 Å². The molecule has 2 nitrogen and oxygen atoms in total. The van der Waals surface area contributed by atoms with Crippen molar-refractivity contribution in [3.63, 3.8) is 0 Å². The second kappa shape index (κ2) is 8.25. The number of ether oxygens (including phenoxy) is 1. The van der Waals surface area contributed by atoms with E-state index in [2.05, 4.69) is 13.8 Å². The fourth-order valence-electron chi connectivity index (χ4n) is 1.33. The average molecular weight is 202 g/mol. The molecule has 1 N–H and O–H groups in total. The smallest absolute Gasteiger partial charge is 0.0803 e. The summed E-state index contributed by atoms with van der Waals surface area (Å²) in [6.07, 6.45) is 4.56. The molecule has 3 atom stereocenters. The van der Waals surface area contributed by atoms with Crippen LogP contribution in [0.3, 0.4) is 0 Å². The van der Waals surface area contributed by atoms with Crippen molar-refractivity contribution in [3.05, 3.63) is 0 Å². The summed E-state index contributed by atoms with van der Waals surface area (Å²) in [6.45, 7) is 8.92. The molecule has 0 saturated heterocycles. The van der Waals surface area contributed by atoms with Crippen molar-refractivity contribution in [1.29, 1.82) is 0 Å². The molecule has 0 rings (SSSR count). The summed E-state index contributed by atoms with van der Waals surface area (Å²) in [5, 5.41) is 9.26. The van der Waals surface area contributed by atoms with E-state index in [1.165, 1.54) is 25.7 Å². The van der Waals surface area contributed by atoms with Crippen molar-refractivity contribution in [2.24, 2.45) is 5.92 Å². The Labute approximate surface area is 88.7 Å². The summed E-state index contributed by atoms with van der Waals surface area (Å²) >= 11 is 0. The third-order valence-corrected chi connectivity index (χ3v) is 2.82. The number of hydrogen-bond donors (Lipinski definition) is 1. The molecule has 0 amide bonds. The van der Waals surface area contributed by atoms with Crippen LogP contribution in [0.4, 0.5) is 0 Å². The molecule has 0 radical (unpaired) electrons. The minimum atomic E-state index is -0.362. The van der Waals surface area contributed by atoms with Gasteiger partial charge in [0, 0.05) is 6.61 Å². The highest BCUT2D eigenvalue weighted by molar-refractivity contribution is 4.61. The minimum absolute atomic E-state index is 0.0364. The Hall–Kier alpha value is -0.0800. The van der Waals surface area contributed by atoms with Gasteiger partial charge in [-0.3, -0.25) is 0 Å². The number of unbranched alkanes of at least 4 members (excludes halogenated alkanes) is 1. The van der Waals surface area contributed by atoms with Gasteiger partial charge in [-0.1, -0.05) is 33.1 Å². The van der Waals surface area contributed by atoms with Gasteiger partial charge >= 0.3 is 0 Å². The van der Waals surface area contributed by atoms with E-state index in [-0.39, 0.29) is 12.2 Å². The van der Waals surface area contributed by atoms with E-state index in [4.69, 9.17) is 4.74 Å². The van der Waals surface area contributed by atoms with Gasteiger partial charge in [-0.25, -0.2) is 0 Å². The van der Waals surface area contributed by atoms with Crippen molar-refractivity contribution in [1.82, 2.24) is 0 Å². The average Bonchev–Trinajstić information content (AvgIpc) is 2.17. The highest BCUT2D eigenvalue weighted by atomic mass is 16.5. The summed E-state index contributed by atoms with van der Waals surface area (Å²) in [7, 11) is 0. The van der Waals surface area contributed by atoms with Gasteiger partial charge in [-0.15, -0.1) is 0 Å². The van der Waals surface area contributed by atoms with Crippen LogP contribution in [-0.2, 0) is 4.74 Å². The third-order valence-electron chi connectivity index (χ3n) is 2.82. The quantitative estimate of drug-likeness (QED) is 0.655. The summed E-state index contributed by atoms with van der Waals surface area (Å²) in [5.41, 5.74) is 0. The normalized spacial score (nSPS) is 17.8. The Morgan fingerprint density at radius 3 is 2.29 bits per heavy atom. The standard InChI is InChI=1S/C12H26O2/c1-5-7-8-12(6-2)9-14-11(4)10(3)13/h10-13H,5-9H2,1-4H3. The number of aliphatic hydroxyl groups is 1. The largest absolute Gasteiger partial charge is 0.391 e. The van der Waals surface area contributed by atoms with Crippen molar-refractivity contribution < 1.29 is 9.84 Å². The first-order valence-corrected chi connectivity index (χ1v) is 5.91. The van der Waals surface area contributed by atoms with Gasteiger partial charge in [-0.2, -0.15) is 0 Å². The monoisotopic (exact) mass is 202 g/mol. The molecule has 0 bridgehead atoms. The molecule has 0 heterocycles. The summed E-state index contributed by atoms with van der Waals surface area (Å²) in [4.78, 5) is 0. The zero-order valence-corrected chi connectivity index (χ0v) is 10.1. The predicted molar refractivity (Wildman–Crippen MR) is 60.4 cm³/mol. The Morgan fingerprint density at radius 1 is 1.21 bits per heavy atom. The van der Waals surface area contributed by atoms with Crippen LogP contribution >= 0.6 is 0 Å². The van der Waals surface area contributed by atoms with Crippen LogP contribution in [0.2, 0.25) is 0 Å². The summed E-state index contributed by atoms with van der Waals surface area (Å²) in [5.74, 6) is 0.663. The highest BCUT2D eigenvalue weighted by Crippen LogP contribution is 2.14. The molecular formula is C12H26O2. The fraction of sp³-hybridized carbons (Fsp3) is 1.00. The predicted octanol–water partition coefficient (Wildman–Crippen LogP) is 2.99. The van der Waals surface area contributed by atoms with Crippen molar-refractivity contribution >= 4 is 0 Å². The van der Waals surface area contributed by atoms with Crippen molar-refractivity contribution in [2.45, 2.75) is 65.6 Å². The lowest BCUT2D eigenvalue weighted by Gasteiger charge is -2.20. The van der Waals surface area contributed by atoms with Crippen LogP contribution in [-0.4, -0.2) is 23.9 Å². The Balaban J connectivity index is 3.60. The van der Waals surface area contributed by atoms with Gasteiger partial charge < -0.3 is 9.84 Å². The van der Waals surface area contributed by atoms with E-state index in [0.717, 1.165) is 6.61 Å². The van der Waals surface area contributed by atoms with Gasteiger partial charge in [0.15, 0.2) is 0 Å². The second-order valence-corrected chi connectivity index (χ2v) is 4.20. The van der Waals surface area contributed by atoms with Gasteiger partial charge in [0.25, 0.3) is 0 Å². The van der Waals surface area contributed by atoms with Crippen molar-refractivity contribution in [3.8, 4) is 0 Å². The molecule has 0 spiro atoms. The van der Waals surface area contributed by atoms with Gasteiger partial charge in [0.05, 0.1) is 12.2 Å². The van der Waals surface area contributed by atoms with E-state index in [0.29, 0.717) is 5.92 Å². The lowest BCUT2D eigenvalue weighted by molar-refractivity contribution is -0.0333. The molecule has 0 aliphatic rings. The lowest BCUT2D eigenvalue weighted by Crippen LogP contribution is -2.25. The Morgan fingerprint density at radius 2 is 1.86 bits per heavy atom. The summed E-state index contributed by atoms with van der Waals surface area (Å²) < 4.78 is 5.60. The molecule has 0 fully saturated rings. The maximum absolute atomic E-state index is 9.26. The maximum atomic E-state index is 9.26. The summed E-state index contributed by atoms with van der Waals surface area (Å²) in [6, 6.07) is 0. The molecule has 2 heteroatoms. The SMILES string of the molecule is CCCCC(CC)COC(C)C(C)O. The number of hydrogen-bond acceptors (Lipinski definition) is 2. The van der Waals surface area contributed by atoms with Crippen LogP contribution in [0.25, 0.3) is 0 Å². The molecular weight excluding hydrogens is 176 g/mol. The molecule has 0 saturated carbocycles. The van der Waals surface area contributed by atoms with Crippen molar-refractivity contribution in [2.75, 3.05) is 6.61 Å². The second-order valence-electron chi connectivity index (χ2n) is 4.20. The van der Waals surface area contributed by atoms with Gasteiger partial charge in [0.1, 0.15) is 0 Å². The van der Waals surface area contributed by atoms with Gasteiger partial charge in [-0.05, 0) is 26.2 Å². The van der Waals surface area contributed by atoms with Crippen LogP contribution in [0.5, 0.6) is 0 Å². The molecule has 0 aromatic heterocycles. The number of aliphatic hydroxyl groups excluding tert-OH is 1. The Bertz CT molecular complexity index is 123. The van der Waals surface area contributed by atoms with E-state index in [1.807, 2.05) is 6.92 Å². The molecule has 0 aromatic carbocycles. The van der Waals surface area contributed by atoms with Crippen LogP contribution < -0.4 is 0 Å². The van der Waals surface area contributed by atoms with E-state index in [9.17, 15) is 5.11 Å². The zero-order chi connectivity index (χ0) is 11.0. The first-order chi connectivity index (χ1) is 6.61. The first-order valence-electron chi connectivity index (χ1n) is 5.91. The Kier molecular flexibility index (Phi) is 8.20. The third kappa shape index (κ3) is 6.39. The maximum Gasteiger partial charge on any atom is 0.0803 e. The van der Waals surface area contributed by atoms with E-state index >= 15 is 0 Å². The van der Waals surface area contributed by atoms with Crippen LogP contribution in [0.1, 0.15) is 53.4 Å². The first kappa shape index (κ1) is 13.9. The molecule has 86 valence electrons. The molecule has 14 heavy (non-hydrogen) atoms. The topological polar surface area (TPSA) is 29.5 Å². The molecule has 0 aliphatic carbocycles. The van der Waals surface area contributed by atoms with Crippen LogP contribution in [0, 0.1) is 5.92 Å². The van der Waals surface area contributed by atoms with E-state index < -0.39 is 0 Å². The molecule has 3 unspecified atom stereocenters. The zero-order valence-electron chi connectivity index (χ0n) is 10.1. The highest BCUT2D eigenvalue weighted by Gasteiger charge is 2.12. The van der Waals surface area contributed by atoms with E-state index in [1.54, 1.807) is 6.92 Å².